The lowest BCUT2D eigenvalue weighted by atomic mass is 10.0. The quantitative estimate of drug-likeness (QED) is 0.688. The van der Waals surface area contributed by atoms with Crippen molar-refractivity contribution in [2.24, 2.45) is 0 Å². The van der Waals surface area contributed by atoms with Crippen LogP contribution in [0.15, 0.2) is 24.3 Å². The van der Waals surface area contributed by atoms with E-state index in [2.05, 4.69) is 29.2 Å². The predicted molar refractivity (Wildman–Crippen MR) is 125 cm³/mol. The topological polar surface area (TPSA) is 71.6 Å². The first-order valence-electron chi connectivity index (χ1n) is 12.0. The summed E-state index contributed by atoms with van der Waals surface area (Å²) in [5, 5.41) is 0. The predicted octanol–water partition coefficient (Wildman–Crippen LogP) is 3.56. The molecule has 0 aromatic heterocycles. The van der Waals surface area contributed by atoms with E-state index in [4.69, 9.17) is 14.2 Å². The Labute approximate surface area is 196 Å². The van der Waals surface area contributed by atoms with Crippen molar-refractivity contribution >= 4 is 17.7 Å². The summed E-state index contributed by atoms with van der Waals surface area (Å²) < 4.78 is 16.9. The first-order valence-corrected chi connectivity index (χ1v) is 12.0. The minimum absolute atomic E-state index is 0.0134. The van der Waals surface area contributed by atoms with Gasteiger partial charge in [0.15, 0.2) is 11.9 Å². The Kier molecular flexibility index (Phi) is 6.60. The number of piperazine rings is 1. The van der Waals surface area contributed by atoms with Gasteiger partial charge in [0.2, 0.25) is 0 Å². The number of hydrogen-bond acceptors (Lipinski definition) is 6. The standard InChI is InChI=1S/C25H37N3O5/c1-24(2,3)33-23(30)27-14-12-26(13-15-27)19-9-6-8-18(16-19)20-10-7-11-28(20)22(29)21-17-31-25(4,5)32-21/h6,8-9,16,20-21H,7,10-15,17H2,1-5H3/t20-,21-/m1/s1. The summed E-state index contributed by atoms with van der Waals surface area (Å²) in [7, 11) is 0. The van der Waals surface area contributed by atoms with Crippen LogP contribution in [-0.4, -0.2) is 78.6 Å². The van der Waals surface area contributed by atoms with Gasteiger partial charge in [0.25, 0.3) is 5.91 Å². The molecule has 3 heterocycles. The second kappa shape index (κ2) is 9.14. The molecular formula is C25H37N3O5. The second-order valence-corrected chi connectivity index (χ2v) is 10.6. The van der Waals surface area contributed by atoms with E-state index in [1.165, 1.54) is 0 Å². The van der Waals surface area contributed by atoms with Gasteiger partial charge >= 0.3 is 6.09 Å². The molecule has 1 aromatic carbocycles. The Hall–Kier alpha value is -2.32. The molecule has 33 heavy (non-hydrogen) atoms. The molecule has 8 nitrogen and oxygen atoms in total. The first kappa shape index (κ1) is 23.8. The van der Waals surface area contributed by atoms with Gasteiger partial charge in [-0.1, -0.05) is 12.1 Å². The fourth-order valence-corrected chi connectivity index (χ4v) is 4.77. The number of amides is 2. The van der Waals surface area contributed by atoms with E-state index in [1.54, 1.807) is 4.90 Å². The van der Waals surface area contributed by atoms with Gasteiger partial charge in [-0.3, -0.25) is 4.79 Å². The van der Waals surface area contributed by atoms with E-state index < -0.39 is 17.5 Å². The summed E-state index contributed by atoms with van der Waals surface area (Å²) in [5.74, 6) is -0.698. The van der Waals surface area contributed by atoms with Crippen LogP contribution in [0.5, 0.6) is 0 Å². The van der Waals surface area contributed by atoms with Crippen LogP contribution >= 0.6 is 0 Å². The van der Waals surface area contributed by atoms with Crippen molar-refractivity contribution in [1.82, 2.24) is 9.80 Å². The van der Waals surface area contributed by atoms with Crippen LogP contribution in [0.2, 0.25) is 0 Å². The first-order chi connectivity index (χ1) is 15.5. The van der Waals surface area contributed by atoms with Gasteiger partial charge in [-0.25, -0.2) is 4.79 Å². The maximum absolute atomic E-state index is 13.2. The van der Waals surface area contributed by atoms with Crippen molar-refractivity contribution in [2.75, 3.05) is 44.2 Å². The van der Waals surface area contributed by atoms with Crippen molar-refractivity contribution < 1.29 is 23.8 Å². The fourth-order valence-electron chi connectivity index (χ4n) is 4.77. The van der Waals surface area contributed by atoms with E-state index >= 15 is 0 Å². The lowest BCUT2D eigenvalue weighted by Crippen LogP contribution is -2.50. The molecule has 182 valence electrons. The second-order valence-electron chi connectivity index (χ2n) is 10.6. The summed E-state index contributed by atoms with van der Waals surface area (Å²) in [6.45, 7) is 13.1. The Morgan fingerprint density at radius 1 is 1.09 bits per heavy atom. The minimum atomic E-state index is -0.711. The average molecular weight is 460 g/mol. The highest BCUT2D eigenvalue weighted by Crippen LogP contribution is 2.36. The third kappa shape index (κ3) is 5.61. The van der Waals surface area contributed by atoms with E-state index in [9.17, 15) is 9.59 Å². The van der Waals surface area contributed by atoms with E-state index in [-0.39, 0.29) is 18.0 Å². The van der Waals surface area contributed by atoms with Crippen LogP contribution in [0.25, 0.3) is 0 Å². The molecule has 3 fully saturated rings. The Morgan fingerprint density at radius 2 is 1.82 bits per heavy atom. The molecule has 0 radical (unpaired) electrons. The molecule has 2 amide bonds. The molecule has 0 unspecified atom stereocenters. The number of ether oxygens (including phenoxy) is 3. The van der Waals surface area contributed by atoms with E-state index in [1.807, 2.05) is 39.5 Å². The molecule has 3 saturated heterocycles. The van der Waals surface area contributed by atoms with E-state index in [0.717, 1.165) is 43.7 Å². The van der Waals surface area contributed by atoms with Crippen LogP contribution in [0.1, 0.15) is 59.1 Å². The average Bonchev–Trinajstić information content (AvgIpc) is 3.39. The van der Waals surface area contributed by atoms with Crippen molar-refractivity contribution in [3.63, 3.8) is 0 Å². The number of carbonyl (C=O) groups is 2. The molecule has 0 spiro atoms. The number of hydrogen-bond donors (Lipinski definition) is 0. The SMILES string of the molecule is CC(C)(C)OC(=O)N1CCN(c2cccc([C@H]3CCCN3C(=O)[C@H]3COC(C)(C)O3)c2)CC1. The lowest BCUT2D eigenvalue weighted by molar-refractivity contribution is -0.160. The maximum atomic E-state index is 13.2. The molecule has 0 N–H and O–H groups in total. The Balaban J connectivity index is 1.40. The highest BCUT2D eigenvalue weighted by Gasteiger charge is 2.42. The largest absolute Gasteiger partial charge is 0.444 e. The third-order valence-electron chi connectivity index (χ3n) is 6.37. The molecule has 0 bridgehead atoms. The molecule has 4 rings (SSSR count). The highest BCUT2D eigenvalue weighted by atomic mass is 16.7. The molecule has 0 aliphatic carbocycles. The zero-order valence-corrected chi connectivity index (χ0v) is 20.5. The monoisotopic (exact) mass is 459 g/mol. The van der Waals surface area contributed by atoms with Gasteiger partial charge in [-0.2, -0.15) is 0 Å². The summed E-state index contributed by atoms with van der Waals surface area (Å²) >= 11 is 0. The third-order valence-corrected chi connectivity index (χ3v) is 6.37. The van der Waals surface area contributed by atoms with Crippen LogP contribution < -0.4 is 4.90 Å². The lowest BCUT2D eigenvalue weighted by Gasteiger charge is -2.37. The van der Waals surface area contributed by atoms with Crippen LogP contribution in [0.3, 0.4) is 0 Å². The number of likely N-dealkylation sites (tertiary alicyclic amines) is 1. The smallest absolute Gasteiger partial charge is 0.410 e. The Bertz CT molecular complexity index is 873. The van der Waals surface area contributed by atoms with Crippen LogP contribution in [-0.2, 0) is 19.0 Å². The number of rotatable bonds is 3. The number of nitrogens with zero attached hydrogens (tertiary/aromatic N) is 3. The summed E-state index contributed by atoms with van der Waals surface area (Å²) in [6, 6.07) is 8.50. The summed E-state index contributed by atoms with van der Waals surface area (Å²) in [4.78, 5) is 31.5. The Morgan fingerprint density at radius 3 is 2.45 bits per heavy atom. The van der Waals surface area contributed by atoms with Crippen molar-refractivity contribution in [3.05, 3.63) is 29.8 Å². The van der Waals surface area contributed by atoms with Crippen molar-refractivity contribution in [1.29, 1.82) is 0 Å². The molecule has 0 saturated carbocycles. The van der Waals surface area contributed by atoms with Crippen molar-refractivity contribution in [2.45, 2.75) is 71.0 Å². The normalized spacial score (nSPS) is 25.4. The number of carbonyl (C=O) groups excluding carboxylic acids is 2. The molecule has 2 atom stereocenters. The molecule has 8 heteroatoms. The number of benzene rings is 1. The van der Waals surface area contributed by atoms with Gasteiger partial charge in [-0.15, -0.1) is 0 Å². The zero-order chi connectivity index (χ0) is 23.8. The summed E-state index contributed by atoms with van der Waals surface area (Å²) in [5.41, 5.74) is 1.78. The van der Waals surface area contributed by atoms with Crippen LogP contribution in [0, 0.1) is 0 Å². The summed E-state index contributed by atoms with van der Waals surface area (Å²) in [6.07, 6.45) is 1.13. The van der Waals surface area contributed by atoms with Crippen LogP contribution in [0.4, 0.5) is 10.5 Å². The van der Waals surface area contributed by atoms with Gasteiger partial charge < -0.3 is 28.9 Å². The molecule has 3 aliphatic rings. The maximum Gasteiger partial charge on any atom is 0.410 e. The number of anilines is 1. The zero-order valence-electron chi connectivity index (χ0n) is 20.5. The highest BCUT2D eigenvalue weighted by molar-refractivity contribution is 5.82. The molecule has 1 aromatic rings. The minimum Gasteiger partial charge on any atom is -0.444 e. The molecular weight excluding hydrogens is 422 g/mol. The van der Waals surface area contributed by atoms with Gasteiger partial charge in [0.05, 0.1) is 12.6 Å². The van der Waals surface area contributed by atoms with Gasteiger partial charge in [0.1, 0.15) is 5.60 Å². The van der Waals surface area contributed by atoms with E-state index in [0.29, 0.717) is 19.7 Å². The molecule has 3 aliphatic heterocycles. The van der Waals surface area contributed by atoms with Crippen molar-refractivity contribution in [3.8, 4) is 0 Å². The fraction of sp³-hybridized carbons (Fsp3) is 0.680. The van der Waals surface area contributed by atoms with Gasteiger partial charge in [0, 0.05) is 38.4 Å². The van der Waals surface area contributed by atoms with Gasteiger partial charge in [-0.05, 0) is 65.2 Å².